The summed E-state index contributed by atoms with van der Waals surface area (Å²) >= 11 is 0. The molecule has 1 aromatic rings. The van der Waals surface area contributed by atoms with Crippen LogP contribution >= 0.6 is 0 Å². The SMILES string of the molecule is NCCCNC(=O)c1ncccc1O. The summed E-state index contributed by atoms with van der Waals surface area (Å²) in [6.07, 6.45) is 2.16. The van der Waals surface area contributed by atoms with E-state index in [1.54, 1.807) is 6.07 Å². The molecule has 1 aromatic heterocycles. The van der Waals surface area contributed by atoms with Gasteiger partial charge in [0.15, 0.2) is 5.69 Å². The zero-order valence-corrected chi connectivity index (χ0v) is 7.73. The molecule has 1 heterocycles. The minimum Gasteiger partial charge on any atom is -0.505 e. The lowest BCUT2D eigenvalue weighted by molar-refractivity contribution is 0.0945. The molecule has 0 aliphatic heterocycles. The highest BCUT2D eigenvalue weighted by Crippen LogP contribution is 2.11. The first kappa shape index (κ1) is 10.5. The Balaban J connectivity index is 2.56. The maximum absolute atomic E-state index is 11.4. The molecule has 0 spiro atoms. The fourth-order valence-corrected chi connectivity index (χ4v) is 0.959. The van der Waals surface area contributed by atoms with E-state index in [0.717, 1.165) is 0 Å². The van der Waals surface area contributed by atoms with Gasteiger partial charge in [0, 0.05) is 12.7 Å². The van der Waals surface area contributed by atoms with Crippen LogP contribution in [0.5, 0.6) is 5.75 Å². The van der Waals surface area contributed by atoms with Gasteiger partial charge in [-0.2, -0.15) is 0 Å². The Hall–Kier alpha value is -1.62. The van der Waals surface area contributed by atoms with Crippen LogP contribution in [-0.4, -0.2) is 29.1 Å². The Morgan fingerprint density at radius 3 is 3.07 bits per heavy atom. The number of aromatic hydroxyl groups is 1. The topological polar surface area (TPSA) is 88.2 Å². The van der Waals surface area contributed by atoms with Crippen LogP contribution < -0.4 is 11.1 Å². The van der Waals surface area contributed by atoms with Crippen LogP contribution in [0.25, 0.3) is 0 Å². The molecule has 0 radical (unpaired) electrons. The van der Waals surface area contributed by atoms with Crippen LogP contribution in [0.1, 0.15) is 16.9 Å². The second-order valence-electron chi connectivity index (χ2n) is 2.77. The van der Waals surface area contributed by atoms with Gasteiger partial charge in [-0.3, -0.25) is 4.79 Å². The predicted molar refractivity (Wildman–Crippen MR) is 51.9 cm³/mol. The fraction of sp³-hybridized carbons (Fsp3) is 0.333. The van der Waals surface area contributed by atoms with Crippen LogP contribution in [0.3, 0.4) is 0 Å². The van der Waals surface area contributed by atoms with Gasteiger partial charge in [-0.25, -0.2) is 4.98 Å². The number of nitrogens with two attached hydrogens (primary N) is 1. The first-order chi connectivity index (χ1) is 6.75. The monoisotopic (exact) mass is 195 g/mol. The van der Waals surface area contributed by atoms with Gasteiger partial charge in [0.1, 0.15) is 5.75 Å². The van der Waals surface area contributed by atoms with Crippen LogP contribution in [0, 0.1) is 0 Å². The molecule has 0 saturated carbocycles. The number of carbonyl (C=O) groups is 1. The molecular weight excluding hydrogens is 182 g/mol. The van der Waals surface area contributed by atoms with E-state index in [1.807, 2.05) is 0 Å². The molecule has 0 unspecified atom stereocenters. The number of hydrogen-bond acceptors (Lipinski definition) is 4. The lowest BCUT2D eigenvalue weighted by atomic mass is 10.3. The summed E-state index contributed by atoms with van der Waals surface area (Å²) in [6.45, 7) is 1.01. The van der Waals surface area contributed by atoms with Crippen molar-refractivity contribution in [3.8, 4) is 5.75 Å². The molecular formula is C9H13N3O2. The molecule has 0 bridgehead atoms. The Labute approximate surface area is 82.0 Å². The zero-order chi connectivity index (χ0) is 10.4. The molecule has 0 fully saturated rings. The average Bonchev–Trinajstić information content (AvgIpc) is 2.18. The molecule has 0 aromatic carbocycles. The average molecular weight is 195 g/mol. The molecule has 0 saturated heterocycles. The van der Waals surface area contributed by atoms with Gasteiger partial charge in [-0.1, -0.05) is 0 Å². The van der Waals surface area contributed by atoms with Gasteiger partial charge in [-0.05, 0) is 25.1 Å². The number of amides is 1. The summed E-state index contributed by atoms with van der Waals surface area (Å²) in [4.78, 5) is 15.1. The highest BCUT2D eigenvalue weighted by atomic mass is 16.3. The normalized spacial score (nSPS) is 9.79. The Morgan fingerprint density at radius 2 is 2.43 bits per heavy atom. The fourth-order valence-electron chi connectivity index (χ4n) is 0.959. The van der Waals surface area contributed by atoms with Gasteiger partial charge >= 0.3 is 0 Å². The van der Waals surface area contributed by atoms with E-state index in [0.29, 0.717) is 19.5 Å². The van der Waals surface area contributed by atoms with Gasteiger partial charge in [-0.15, -0.1) is 0 Å². The summed E-state index contributed by atoms with van der Waals surface area (Å²) in [5, 5.41) is 11.9. The summed E-state index contributed by atoms with van der Waals surface area (Å²) in [5.74, 6) is -0.491. The number of aromatic nitrogens is 1. The number of hydrogen-bond donors (Lipinski definition) is 3. The second kappa shape index (κ2) is 5.18. The molecule has 4 N–H and O–H groups in total. The van der Waals surface area contributed by atoms with Crippen molar-refractivity contribution in [2.75, 3.05) is 13.1 Å². The minimum absolute atomic E-state index is 0.0459. The third-order valence-electron chi connectivity index (χ3n) is 1.67. The van der Waals surface area contributed by atoms with E-state index in [1.165, 1.54) is 12.3 Å². The Morgan fingerprint density at radius 1 is 1.64 bits per heavy atom. The minimum atomic E-state index is -0.378. The molecule has 76 valence electrons. The number of carbonyl (C=O) groups excluding carboxylic acids is 1. The van der Waals surface area contributed by atoms with Crippen LogP contribution in [0.2, 0.25) is 0 Å². The molecule has 5 heteroatoms. The van der Waals surface area contributed by atoms with Crippen LogP contribution in [0.4, 0.5) is 0 Å². The molecule has 0 aliphatic rings. The van der Waals surface area contributed by atoms with E-state index < -0.39 is 0 Å². The van der Waals surface area contributed by atoms with E-state index in [-0.39, 0.29) is 17.4 Å². The zero-order valence-electron chi connectivity index (χ0n) is 7.73. The number of pyridine rings is 1. The first-order valence-corrected chi connectivity index (χ1v) is 4.38. The molecule has 14 heavy (non-hydrogen) atoms. The van der Waals surface area contributed by atoms with Crippen molar-refractivity contribution in [1.82, 2.24) is 10.3 Å². The molecule has 0 atom stereocenters. The van der Waals surface area contributed by atoms with Crippen LogP contribution in [-0.2, 0) is 0 Å². The molecule has 1 amide bonds. The lowest BCUT2D eigenvalue weighted by Crippen LogP contribution is -2.26. The number of nitrogens with one attached hydrogen (secondary N) is 1. The van der Waals surface area contributed by atoms with Crippen molar-refractivity contribution < 1.29 is 9.90 Å². The number of nitrogens with zero attached hydrogens (tertiary/aromatic N) is 1. The molecule has 1 rings (SSSR count). The van der Waals surface area contributed by atoms with Gasteiger partial charge < -0.3 is 16.2 Å². The Kier molecular flexibility index (Phi) is 3.87. The smallest absolute Gasteiger partial charge is 0.273 e. The predicted octanol–water partition coefficient (Wildman–Crippen LogP) is -0.134. The first-order valence-electron chi connectivity index (χ1n) is 4.38. The maximum Gasteiger partial charge on any atom is 0.273 e. The lowest BCUT2D eigenvalue weighted by Gasteiger charge is -2.04. The van der Waals surface area contributed by atoms with Gasteiger partial charge in [0.2, 0.25) is 0 Å². The molecule has 0 aliphatic carbocycles. The van der Waals surface area contributed by atoms with E-state index >= 15 is 0 Å². The standard InChI is InChI=1S/C9H13N3O2/c10-4-2-6-12-9(14)8-7(13)3-1-5-11-8/h1,3,5,13H,2,4,6,10H2,(H,12,14). The van der Waals surface area contributed by atoms with Crippen molar-refractivity contribution in [3.05, 3.63) is 24.0 Å². The van der Waals surface area contributed by atoms with E-state index in [2.05, 4.69) is 10.3 Å². The third-order valence-corrected chi connectivity index (χ3v) is 1.67. The summed E-state index contributed by atoms with van der Waals surface area (Å²) in [7, 11) is 0. The largest absolute Gasteiger partial charge is 0.505 e. The quantitative estimate of drug-likeness (QED) is 0.584. The summed E-state index contributed by atoms with van der Waals surface area (Å²) < 4.78 is 0. The Bertz CT molecular complexity index is 315. The second-order valence-corrected chi connectivity index (χ2v) is 2.77. The number of rotatable bonds is 4. The highest BCUT2D eigenvalue weighted by molar-refractivity contribution is 5.94. The van der Waals surface area contributed by atoms with Crippen molar-refractivity contribution >= 4 is 5.91 Å². The van der Waals surface area contributed by atoms with Crippen LogP contribution in [0.15, 0.2) is 18.3 Å². The van der Waals surface area contributed by atoms with Gasteiger partial charge in [0.25, 0.3) is 5.91 Å². The van der Waals surface area contributed by atoms with Gasteiger partial charge in [0.05, 0.1) is 0 Å². The van der Waals surface area contributed by atoms with Crippen molar-refractivity contribution in [1.29, 1.82) is 0 Å². The van der Waals surface area contributed by atoms with Crippen molar-refractivity contribution in [3.63, 3.8) is 0 Å². The van der Waals surface area contributed by atoms with Crippen molar-refractivity contribution in [2.45, 2.75) is 6.42 Å². The third kappa shape index (κ3) is 2.70. The summed E-state index contributed by atoms with van der Waals surface area (Å²) in [5.41, 5.74) is 5.31. The van der Waals surface area contributed by atoms with E-state index in [9.17, 15) is 9.90 Å². The summed E-state index contributed by atoms with van der Waals surface area (Å²) in [6, 6.07) is 2.98. The highest BCUT2D eigenvalue weighted by Gasteiger charge is 2.10. The maximum atomic E-state index is 11.4. The van der Waals surface area contributed by atoms with Crippen molar-refractivity contribution in [2.24, 2.45) is 5.73 Å². The van der Waals surface area contributed by atoms with E-state index in [4.69, 9.17) is 5.73 Å². The molecule has 5 nitrogen and oxygen atoms in total.